The lowest BCUT2D eigenvalue weighted by Gasteiger charge is -2.03. The van der Waals surface area contributed by atoms with Gasteiger partial charge in [0.05, 0.1) is 6.10 Å². The predicted octanol–water partition coefficient (Wildman–Crippen LogP) is 2.51. The molecular weight excluding hydrogens is 192 g/mol. The molecule has 1 aliphatic heterocycles. The molecule has 1 heterocycles. The Morgan fingerprint density at radius 2 is 2.60 bits per heavy atom. The summed E-state index contributed by atoms with van der Waals surface area (Å²) in [4.78, 5) is 0. The third-order valence-electron chi connectivity index (χ3n) is 1.65. The van der Waals surface area contributed by atoms with Crippen molar-refractivity contribution in [2.24, 2.45) is 0 Å². The Hall–Kier alpha value is 0.180. The van der Waals surface area contributed by atoms with Gasteiger partial charge in [-0.05, 0) is 19.8 Å². The first-order valence-electron chi connectivity index (χ1n) is 3.68. The number of hydrogen-bond donors (Lipinski definition) is 0. The largest absolute Gasteiger partial charge is 0.374 e. The number of ether oxygens (including phenoxy) is 1. The molecule has 0 amide bonds. The molecule has 58 valence electrons. The molecule has 0 aromatic rings. The summed E-state index contributed by atoms with van der Waals surface area (Å²) in [6.07, 6.45) is 5.03. The lowest BCUT2D eigenvalue weighted by atomic mass is 10.2. The molecule has 0 bridgehead atoms. The highest BCUT2D eigenvalue weighted by Crippen LogP contribution is 2.15. The lowest BCUT2D eigenvalue weighted by molar-refractivity contribution is 0.145. The fourth-order valence-corrected chi connectivity index (χ4v) is 1.28. The molecule has 0 aromatic heterocycles. The van der Waals surface area contributed by atoms with Crippen molar-refractivity contribution in [3.8, 4) is 0 Å². The third kappa shape index (κ3) is 2.43. The molecular formula is C8H13BrO. The van der Waals surface area contributed by atoms with Crippen LogP contribution in [0, 0.1) is 0 Å². The summed E-state index contributed by atoms with van der Waals surface area (Å²) in [5, 5.41) is 0.965. The number of halogens is 1. The minimum absolute atomic E-state index is 0.401. The lowest BCUT2D eigenvalue weighted by Crippen LogP contribution is -2.00. The van der Waals surface area contributed by atoms with Crippen molar-refractivity contribution in [1.29, 1.82) is 0 Å². The van der Waals surface area contributed by atoms with Crippen LogP contribution in [0.15, 0.2) is 11.6 Å². The summed E-state index contributed by atoms with van der Waals surface area (Å²) >= 11 is 3.40. The van der Waals surface area contributed by atoms with Crippen LogP contribution in [-0.2, 0) is 4.74 Å². The van der Waals surface area contributed by atoms with E-state index in [1.54, 1.807) is 0 Å². The van der Waals surface area contributed by atoms with Gasteiger partial charge in [-0.3, -0.25) is 0 Å². The summed E-state index contributed by atoms with van der Waals surface area (Å²) in [5.74, 6) is 0. The predicted molar refractivity (Wildman–Crippen MR) is 46.5 cm³/mol. The zero-order chi connectivity index (χ0) is 7.40. The Bertz CT molecular complexity index is 125. The van der Waals surface area contributed by atoms with Gasteiger partial charge in [0.15, 0.2) is 0 Å². The van der Waals surface area contributed by atoms with Crippen LogP contribution in [0.1, 0.15) is 19.8 Å². The Morgan fingerprint density at radius 3 is 3.10 bits per heavy atom. The number of alkyl halides is 1. The SMILES string of the molecule is CC(=CC1CCCO1)CBr. The summed E-state index contributed by atoms with van der Waals surface area (Å²) in [6, 6.07) is 0. The first-order valence-corrected chi connectivity index (χ1v) is 4.80. The van der Waals surface area contributed by atoms with Crippen molar-refractivity contribution < 1.29 is 4.74 Å². The molecule has 0 spiro atoms. The number of rotatable bonds is 2. The van der Waals surface area contributed by atoms with Crippen LogP contribution in [0.2, 0.25) is 0 Å². The summed E-state index contributed by atoms with van der Waals surface area (Å²) < 4.78 is 5.43. The van der Waals surface area contributed by atoms with Gasteiger partial charge in [0.1, 0.15) is 0 Å². The van der Waals surface area contributed by atoms with E-state index in [4.69, 9.17) is 4.74 Å². The second-order valence-electron chi connectivity index (χ2n) is 2.70. The van der Waals surface area contributed by atoms with E-state index in [-0.39, 0.29) is 0 Å². The van der Waals surface area contributed by atoms with Gasteiger partial charge in [-0.25, -0.2) is 0 Å². The smallest absolute Gasteiger partial charge is 0.0759 e. The summed E-state index contributed by atoms with van der Waals surface area (Å²) in [7, 11) is 0. The van der Waals surface area contributed by atoms with Crippen molar-refractivity contribution >= 4 is 15.9 Å². The van der Waals surface area contributed by atoms with Crippen molar-refractivity contribution in [3.05, 3.63) is 11.6 Å². The van der Waals surface area contributed by atoms with E-state index in [2.05, 4.69) is 28.9 Å². The van der Waals surface area contributed by atoms with Crippen molar-refractivity contribution in [1.82, 2.24) is 0 Å². The Morgan fingerprint density at radius 1 is 1.80 bits per heavy atom. The maximum Gasteiger partial charge on any atom is 0.0759 e. The van der Waals surface area contributed by atoms with Crippen LogP contribution < -0.4 is 0 Å². The highest BCUT2D eigenvalue weighted by atomic mass is 79.9. The Balaban J connectivity index is 2.34. The molecule has 2 heteroatoms. The van der Waals surface area contributed by atoms with Crippen molar-refractivity contribution in [3.63, 3.8) is 0 Å². The van der Waals surface area contributed by atoms with E-state index in [1.807, 2.05) is 0 Å². The molecule has 0 radical (unpaired) electrons. The van der Waals surface area contributed by atoms with Gasteiger partial charge in [-0.15, -0.1) is 0 Å². The second kappa shape index (κ2) is 4.14. The fraction of sp³-hybridized carbons (Fsp3) is 0.750. The fourth-order valence-electron chi connectivity index (χ4n) is 1.10. The van der Waals surface area contributed by atoms with Gasteiger partial charge in [0.25, 0.3) is 0 Å². The maximum atomic E-state index is 5.43. The van der Waals surface area contributed by atoms with Crippen LogP contribution in [0.4, 0.5) is 0 Å². The molecule has 1 rings (SSSR count). The monoisotopic (exact) mass is 204 g/mol. The molecule has 0 aliphatic carbocycles. The van der Waals surface area contributed by atoms with Crippen LogP contribution in [0.5, 0.6) is 0 Å². The van der Waals surface area contributed by atoms with Gasteiger partial charge < -0.3 is 4.74 Å². The molecule has 0 saturated carbocycles. The highest BCUT2D eigenvalue weighted by Gasteiger charge is 2.11. The number of hydrogen-bond acceptors (Lipinski definition) is 1. The average Bonchev–Trinajstić information content (AvgIpc) is 2.40. The van der Waals surface area contributed by atoms with Crippen molar-refractivity contribution in [2.75, 3.05) is 11.9 Å². The van der Waals surface area contributed by atoms with E-state index in [1.165, 1.54) is 18.4 Å². The van der Waals surface area contributed by atoms with E-state index < -0.39 is 0 Å². The summed E-state index contributed by atoms with van der Waals surface area (Å²) in [6.45, 7) is 3.06. The normalized spacial score (nSPS) is 27.4. The number of allylic oxidation sites excluding steroid dienone is 1. The quantitative estimate of drug-likeness (QED) is 0.497. The van der Waals surface area contributed by atoms with Crippen LogP contribution in [0.25, 0.3) is 0 Å². The topological polar surface area (TPSA) is 9.23 Å². The van der Waals surface area contributed by atoms with Gasteiger partial charge >= 0.3 is 0 Å². The molecule has 10 heavy (non-hydrogen) atoms. The van der Waals surface area contributed by atoms with Gasteiger partial charge in [-0.1, -0.05) is 27.6 Å². The second-order valence-corrected chi connectivity index (χ2v) is 3.26. The maximum absolute atomic E-state index is 5.43. The Kier molecular flexibility index (Phi) is 3.43. The zero-order valence-electron chi connectivity index (χ0n) is 6.27. The molecule has 1 aliphatic rings. The molecule has 0 aromatic carbocycles. The van der Waals surface area contributed by atoms with Crippen LogP contribution >= 0.6 is 15.9 Å². The molecule has 1 saturated heterocycles. The van der Waals surface area contributed by atoms with Crippen LogP contribution in [0.3, 0.4) is 0 Å². The molecule has 1 nitrogen and oxygen atoms in total. The van der Waals surface area contributed by atoms with E-state index >= 15 is 0 Å². The van der Waals surface area contributed by atoms with Gasteiger partial charge in [-0.2, -0.15) is 0 Å². The van der Waals surface area contributed by atoms with Crippen LogP contribution in [-0.4, -0.2) is 18.0 Å². The standard InChI is InChI=1S/C8H13BrO/c1-7(6-9)5-8-3-2-4-10-8/h5,8H,2-4,6H2,1H3. The first kappa shape index (κ1) is 8.28. The first-order chi connectivity index (χ1) is 4.83. The third-order valence-corrected chi connectivity index (χ3v) is 2.53. The van der Waals surface area contributed by atoms with Gasteiger partial charge in [0.2, 0.25) is 0 Å². The molecule has 0 N–H and O–H groups in total. The highest BCUT2D eigenvalue weighted by molar-refractivity contribution is 9.09. The molecule has 1 fully saturated rings. The zero-order valence-corrected chi connectivity index (χ0v) is 7.86. The van der Waals surface area contributed by atoms with Crippen molar-refractivity contribution in [2.45, 2.75) is 25.9 Å². The summed E-state index contributed by atoms with van der Waals surface area (Å²) in [5.41, 5.74) is 1.37. The van der Waals surface area contributed by atoms with E-state index in [0.29, 0.717) is 6.10 Å². The molecule has 1 atom stereocenters. The van der Waals surface area contributed by atoms with E-state index in [0.717, 1.165) is 11.9 Å². The minimum Gasteiger partial charge on any atom is -0.374 e. The van der Waals surface area contributed by atoms with E-state index in [9.17, 15) is 0 Å². The Labute approximate surface area is 70.6 Å². The minimum atomic E-state index is 0.401. The molecule has 1 unspecified atom stereocenters. The van der Waals surface area contributed by atoms with Gasteiger partial charge in [0, 0.05) is 11.9 Å². The average molecular weight is 205 g/mol.